The molecule has 1 rings (SSSR count). The van der Waals surface area contributed by atoms with Crippen LogP contribution in [0.4, 0.5) is 5.82 Å². The molecule has 1 heterocycles. The van der Waals surface area contributed by atoms with E-state index in [9.17, 15) is 0 Å². The molecule has 0 bridgehead atoms. The number of rotatable bonds is 5. The summed E-state index contributed by atoms with van der Waals surface area (Å²) >= 11 is 3.39. The molecular formula is C11H17BrN2. The monoisotopic (exact) mass is 256 g/mol. The SMILES string of the molecule is CCCN(CCC)c1ccc(Br)cn1. The van der Waals surface area contributed by atoms with E-state index in [1.165, 1.54) is 0 Å². The topological polar surface area (TPSA) is 16.1 Å². The van der Waals surface area contributed by atoms with Gasteiger partial charge in [0.15, 0.2) is 0 Å². The Hall–Kier alpha value is -0.570. The van der Waals surface area contributed by atoms with E-state index in [0.717, 1.165) is 36.2 Å². The van der Waals surface area contributed by atoms with Gasteiger partial charge in [-0.1, -0.05) is 13.8 Å². The first kappa shape index (κ1) is 11.5. The third-order valence-electron chi connectivity index (χ3n) is 2.02. The van der Waals surface area contributed by atoms with Gasteiger partial charge in [0.25, 0.3) is 0 Å². The first-order chi connectivity index (χ1) is 6.77. The summed E-state index contributed by atoms with van der Waals surface area (Å²) in [6.07, 6.45) is 4.18. The Morgan fingerprint density at radius 1 is 1.21 bits per heavy atom. The second-order valence-electron chi connectivity index (χ2n) is 3.32. The number of aromatic nitrogens is 1. The zero-order valence-electron chi connectivity index (χ0n) is 8.83. The van der Waals surface area contributed by atoms with Crippen LogP contribution in [0.3, 0.4) is 0 Å². The lowest BCUT2D eigenvalue weighted by Crippen LogP contribution is -2.25. The van der Waals surface area contributed by atoms with Crippen molar-refractivity contribution in [2.24, 2.45) is 0 Å². The van der Waals surface area contributed by atoms with Crippen molar-refractivity contribution in [2.75, 3.05) is 18.0 Å². The van der Waals surface area contributed by atoms with E-state index >= 15 is 0 Å². The molecule has 14 heavy (non-hydrogen) atoms. The molecule has 0 spiro atoms. The first-order valence-electron chi connectivity index (χ1n) is 5.14. The Balaban J connectivity index is 2.71. The van der Waals surface area contributed by atoms with Crippen molar-refractivity contribution in [3.63, 3.8) is 0 Å². The van der Waals surface area contributed by atoms with Crippen LogP contribution in [0.15, 0.2) is 22.8 Å². The predicted molar refractivity (Wildman–Crippen MR) is 64.7 cm³/mol. The van der Waals surface area contributed by atoms with Gasteiger partial charge in [-0.3, -0.25) is 0 Å². The second kappa shape index (κ2) is 6.02. The van der Waals surface area contributed by atoms with Gasteiger partial charge in [-0.15, -0.1) is 0 Å². The quantitative estimate of drug-likeness (QED) is 0.802. The van der Waals surface area contributed by atoms with E-state index < -0.39 is 0 Å². The summed E-state index contributed by atoms with van der Waals surface area (Å²) in [4.78, 5) is 6.72. The summed E-state index contributed by atoms with van der Waals surface area (Å²) in [5.41, 5.74) is 0. The van der Waals surface area contributed by atoms with Gasteiger partial charge in [0.2, 0.25) is 0 Å². The van der Waals surface area contributed by atoms with Gasteiger partial charge in [-0.25, -0.2) is 4.98 Å². The third-order valence-corrected chi connectivity index (χ3v) is 2.49. The lowest BCUT2D eigenvalue weighted by atomic mass is 10.3. The Morgan fingerprint density at radius 2 is 1.86 bits per heavy atom. The van der Waals surface area contributed by atoms with E-state index in [4.69, 9.17) is 0 Å². The molecule has 0 saturated carbocycles. The Labute approximate surface area is 94.5 Å². The largest absolute Gasteiger partial charge is 0.357 e. The minimum atomic E-state index is 1.04. The molecule has 3 heteroatoms. The Morgan fingerprint density at radius 3 is 2.29 bits per heavy atom. The van der Waals surface area contributed by atoms with Crippen molar-refractivity contribution in [1.29, 1.82) is 0 Å². The van der Waals surface area contributed by atoms with Gasteiger partial charge in [-0.2, -0.15) is 0 Å². The van der Waals surface area contributed by atoms with Crippen LogP contribution in [0.25, 0.3) is 0 Å². The molecule has 0 aliphatic carbocycles. The van der Waals surface area contributed by atoms with E-state index in [1.54, 1.807) is 0 Å². The summed E-state index contributed by atoms with van der Waals surface area (Å²) in [5.74, 6) is 1.08. The van der Waals surface area contributed by atoms with E-state index in [1.807, 2.05) is 12.3 Å². The predicted octanol–water partition coefficient (Wildman–Crippen LogP) is 3.47. The average Bonchev–Trinajstić information content (AvgIpc) is 2.19. The van der Waals surface area contributed by atoms with Gasteiger partial charge in [0, 0.05) is 23.8 Å². The van der Waals surface area contributed by atoms with Crippen LogP contribution in [-0.2, 0) is 0 Å². The maximum Gasteiger partial charge on any atom is 0.128 e. The molecule has 0 amide bonds. The van der Waals surface area contributed by atoms with E-state index in [0.29, 0.717) is 0 Å². The highest BCUT2D eigenvalue weighted by molar-refractivity contribution is 9.10. The zero-order chi connectivity index (χ0) is 10.4. The molecule has 0 N–H and O–H groups in total. The van der Waals surface area contributed by atoms with Crippen LogP contribution in [0.5, 0.6) is 0 Å². The van der Waals surface area contributed by atoms with Gasteiger partial charge < -0.3 is 4.90 Å². The molecule has 1 aromatic rings. The van der Waals surface area contributed by atoms with E-state index in [2.05, 4.69) is 45.7 Å². The lowest BCUT2D eigenvalue weighted by Gasteiger charge is -2.22. The third kappa shape index (κ3) is 3.29. The van der Waals surface area contributed by atoms with Crippen LogP contribution in [0, 0.1) is 0 Å². The summed E-state index contributed by atoms with van der Waals surface area (Å²) < 4.78 is 1.04. The lowest BCUT2D eigenvalue weighted by molar-refractivity contribution is 0.734. The first-order valence-corrected chi connectivity index (χ1v) is 5.93. The van der Waals surface area contributed by atoms with Crippen molar-refractivity contribution in [2.45, 2.75) is 26.7 Å². The Kier molecular flexibility index (Phi) is 4.94. The smallest absolute Gasteiger partial charge is 0.128 e. The minimum absolute atomic E-state index is 1.04. The van der Waals surface area contributed by atoms with Gasteiger partial charge in [0.1, 0.15) is 5.82 Å². The highest BCUT2D eigenvalue weighted by Gasteiger charge is 2.04. The van der Waals surface area contributed by atoms with Gasteiger partial charge >= 0.3 is 0 Å². The molecule has 0 aliphatic rings. The zero-order valence-corrected chi connectivity index (χ0v) is 10.4. The highest BCUT2D eigenvalue weighted by Crippen LogP contribution is 2.15. The molecule has 0 saturated heterocycles. The van der Waals surface area contributed by atoms with Crippen molar-refractivity contribution in [1.82, 2.24) is 4.98 Å². The number of hydrogen-bond donors (Lipinski definition) is 0. The maximum atomic E-state index is 4.39. The van der Waals surface area contributed by atoms with Crippen LogP contribution >= 0.6 is 15.9 Å². The van der Waals surface area contributed by atoms with E-state index in [-0.39, 0.29) is 0 Å². The molecule has 78 valence electrons. The summed E-state index contributed by atoms with van der Waals surface area (Å²) in [6, 6.07) is 4.11. The van der Waals surface area contributed by atoms with Gasteiger partial charge in [-0.05, 0) is 40.9 Å². The van der Waals surface area contributed by atoms with Crippen molar-refractivity contribution in [3.8, 4) is 0 Å². The molecule has 0 atom stereocenters. The maximum absolute atomic E-state index is 4.39. The Bertz CT molecular complexity index is 252. The second-order valence-corrected chi connectivity index (χ2v) is 4.24. The molecule has 0 unspecified atom stereocenters. The average molecular weight is 257 g/mol. The van der Waals surface area contributed by atoms with Crippen molar-refractivity contribution >= 4 is 21.7 Å². The number of anilines is 1. The molecule has 2 nitrogen and oxygen atoms in total. The summed E-state index contributed by atoms with van der Waals surface area (Å²) in [7, 11) is 0. The van der Waals surface area contributed by atoms with Gasteiger partial charge in [0.05, 0.1) is 0 Å². The molecule has 0 aliphatic heterocycles. The highest BCUT2D eigenvalue weighted by atomic mass is 79.9. The van der Waals surface area contributed by atoms with Crippen molar-refractivity contribution in [3.05, 3.63) is 22.8 Å². The molecule has 0 fully saturated rings. The minimum Gasteiger partial charge on any atom is -0.357 e. The normalized spacial score (nSPS) is 10.2. The fourth-order valence-corrected chi connectivity index (χ4v) is 1.67. The summed E-state index contributed by atoms with van der Waals surface area (Å²) in [6.45, 7) is 6.56. The fraction of sp³-hybridized carbons (Fsp3) is 0.545. The number of halogens is 1. The standard InChI is InChI=1S/C11H17BrN2/c1-3-7-14(8-4-2)11-6-5-10(12)9-13-11/h5-6,9H,3-4,7-8H2,1-2H3. The van der Waals surface area contributed by atoms with Crippen LogP contribution < -0.4 is 4.90 Å². The molecular weight excluding hydrogens is 240 g/mol. The number of pyridine rings is 1. The fourth-order valence-electron chi connectivity index (χ4n) is 1.44. The molecule has 0 aromatic carbocycles. The summed E-state index contributed by atoms with van der Waals surface area (Å²) in [5, 5.41) is 0. The van der Waals surface area contributed by atoms with Crippen LogP contribution in [0.2, 0.25) is 0 Å². The van der Waals surface area contributed by atoms with Crippen LogP contribution in [-0.4, -0.2) is 18.1 Å². The number of nitrogens with zero attached hydrogens (tertiary/aromatic N) is 2. The number of hydrogen-bond acceptors (Lipinski definition) is 2. The molecule has 0 radical (unpaired) electrons. The molecule has 1 aromatic heterocycles. The van der Waals surface area contributed by atoms with Crippen molar-refractivity contribution < 1.29 is 0 Å². The van der Waals surface area contributed by atoms with Crippen LogP contribution in [0.1, 0.15) is 26.7 Å².